The van der Waals surface area contributed by atoms with Crippen LogP contribution in [0.15, 0.2) is 24.3 Å². The Bertz CT molecular complexity index is 275. The molecule has 86 valence electrons. The van der Waals surface area contributed by atoms with Crippen LogP contribution in [0.2, 0.25) is 0 Å². The van der Waals surface area contributed by atoms with Gasteiger partial charge in [-0.15, -0.1) is 0 Å². The number of rotatable bonds is 3. The van der Waals surface area contributed by atoms with Crippen molar-refractivity contribution in [3.05, 3.63) is 24.3 Å². The van der Waals surface area contributed by atoms with Crippen LogP contribution in [0.25, 0.3) is 0 Å². The highest BCUT2D eigenvalue weighted by Gasteiger charge is 2.49. The molecule has 0 aliphatic heterocycles. The summed E-state index contributed by atoms with van der Waals surface area (Å²) in [6.45, 7) is 13.0. The van der Waals surface area contributed by atoms with E-state index < -0.39 is 0 Å². The van der Waals surface area contributed by atoms with Gasteiger partial charge in [0, 0.05) is 0 Å². The van der Waals surface area contributed by atoms with Crippen molar-refractivity contribution >= 4 is 0 Å². The Balaban J connectivity index is 2.91. The van der Waals surface area contributed by atoms with Crippen LogP contribution in [0.3, 0.4) is 0 Å². The van der Waals surface area contributed by atoms with Gasteiger partial charge in [0.05, 0.1) is 6.10 Å². The minimum atomic E-state index is -0.170. The first-order chi connectivity index (χ1) is 6.83. The fourth-order valence-electron chi connectivity index (χ4n) is 2.64. The summed E-state index contributed by atoms with van der Waals surface area (Å²) < 4.78 is 0. The molecule has 0 spiro atoms. The van der Waals surface area contributed by atoms with E-state index in [-0.39, 0.29) is 16.9 Å². The molecule has 0 bridgehead atoms. The van der Waals surface area contributed by atoms with Crippen molar-refractivity contribution in [3.8, 4) is 0 Å². The van der Waals surface area contributed by atoms with E-state index in [0.29, 0.717) is 0 Å². The van der Waals surface area contributed by atoms with Gasteiger partial charge in [-0.25, -0.2) is 0 Å². The Morgan fingerprint density at radius 3 is 2.40 bits per heavy atom. The van der Waals surface area contributed by atoms with Crippen LogP contribution in [-0.4, -0.2) is 11.2 Å². The number of hydrogen-bond acceptors (Lipinski definition) is 1. The minimum absolute atomic E-state index is 0.0398. The summed E-state index contributed by atoms with van der Waals surface area (Å²) in [5.41, 5.74) is 1.34. The number of aliphatic hydroxyl groups is 1. The summed E-state index contributed by atoms with van der Waals surface area (Å²) >= 11 is 0. The monoisotopic (exact) mass is 208 g/mol. The standard InChI is InChI=1S/C14H24O/c1-6-7-8-11(2)14(5)10-12(15)9-13(14,3)4/h7-8,12,15H,2,6,9-10H2,1,3-5H3/b8-7+. The molecule has 0 heterocycles. The zero-order valence-electron chi connectivity index (χ0n) is 10.5. The van der Waals surface area contributed by atoms with Crippen LogP contribution in [0.1, 0.15) is 47.0 Å². The van der Waals surface area contributed by atoms with Gasteiger partial charge >= 0.3 is 0 Å². The Morgan fingerprint density at radius 1 is 1.40 bits per heavy atom. The molecule has 0 radical (unpaired) electrons. The maximum atomic E-state index is 9.81. The van der Waals surface area contributed by atoms with E-state index in [1.807, 2.05) is 0 Å². The Kier molecular flexibility index (Phi) is 3.44. The second-order valence-corrected chi connectivity index (χ2v) is 5.61. The lowest BCUT2D eigenvalue weighted by Gasteiger charge is -2.39. The highest BCUT2D eigenvalue weighted by molar-refractivity contribution is 5.28. The molecule has 1 saturated carbocycles. The Hall–Kier alpha value is -0.560. The molecule has 2 unspecified atom stereocenters. The zero-order valence-corrected chi connectivity index (χ0v) is 10.5. The van der Waals surface area contributed by atoms with Crippen LogP contribution >= 0.6 is 0 Å². The smallest absolute Gasteiger partial charge is 0.0554 e. The van der Waals surface area contributed by atoms with Crippen molar-refractivity contribution in [3.63, 3.8) is 0 Å². The number of aliphatic hydroxyl groups excluding tert-OH is 1. The first-order valence-electron chi connectivity index (χ1n) is 5.87. The van der Waals surface area contributed by atoms with E-state index >= 15 is 0 Å². The van der Waals surface area contributed by atoms with Crippen LogP contribution in [-0.2, 0) is 0 Å². The average molecular weight is 208 g/mol. The molecule has 2 atom stereocenters. The third kappa shape index (κ3) is 2.17. The lowest BCUT2D eigenvalue weighted by molar-refractivity contribution is 0.167. The van der Waals surface area contributed by atoms with Crippen LogP contribution < -0.4 is 0 Å². The molecule has 0 aromatic carbocycles. The fourth-order valence-corrected chi connectivity index (χ4v) is 2.64. The molecule has 1 nitrogen and oxygen atoms in total. The summed E-state index contributed by atoms with van der Waals surface area (Å²) in [5, 5.41) is 9.81. The Morgan fingerprint density at radius 2 is 2.00 bits per heavy atom. The lowest BCUT2D eigenvalue weighted by Crippen LogP contribution is -2.30. The molecule has 15 heavy (non-hydrogen) atoms. The molecule has 1 N–H and O–H groups in total. The van der Waals surface area contributed by atoms with Gasteiger partial charge in [-0.05, 0) is 35.7 Å². The van der Waals surface area contributed by atoms with Gasteiger partial charge in [-0.2, -0.15) is 0 Å². The molecule has 0 aromatic heterocycles. The van der Waals surface area contributed by atoms with Crippen LogP contribution in [0, 0.1) is 10.8 Å². The van der Waals surface area contributed by atoms with Gasteiger partial charge in [0.1, 0.15) is 0 Å². The average Bonchev–Trinajstić information content (AvgIpc) is 2.32. The normalized spacial score (nSPS) is 34.9. The lowest BCUT2D eigenvalue weighted by atomic mass is 9.65. The van der Waals surface area contributed by atoms with Crippen LogP contribution in [0.5, 0.6) is 0 Å². The predicted molar refractivity (Wildman–Crippen MR) is 65.7 cm³/mol. The van der Waals surface area contributed by atoms with Gasteiger partial charge < -0.3 is 5.11 Å². The summed E-state index contributed by atoms with van der Waals surface area (Å²) in [7, 11) is 0. The molecule has 1 heteroatoms. The van der Waals surface area contributed by atoms with Crippen molar-refractivity contribution in [1.82, 2.24) is 0 Å². The van der Waals surface area contributed by atoms with E-state index in [4.69, 9.17) is 0 Å². The molecule has 1 fully saturated rings. The van der Waals surface area contributed by atoms with Gasteiger partial charge in [0.2, 0.25) is 0 Å². The maximum absolute atomic E-state index is 9.81. The van der Waals surface area contributed by atoms with Crippen molar-refractivity contribution in [2.75, 3.05) is 0 Å². The van der Waals surface area contributed by atoms with Crippen molar-refractivity contribution in [2.24, 2.45) is 10.8 Å². The van der Waals surface area contributed by atoms with Crippen molar-refractivity contribution < 1.29 is 5.11 Å². The fraction of sp³-hybridized carbons (Fsp3) is 0.714. The summed E-state index contributed by atoms with van der Waals surface area (Å²) in [5.74, 6) is 0. The highest BCUT2D eigenvalue weighted by atomic mass is 16.3. The van der Waals surface area contributed by atoms with Gasteiger partial charge in [0.25, 0.3) is 0 Å². The van der Waals surface area contributed by atoms with E-state index in [0.717, 1.165) is 24.8 Å². The summed E-state index contributed by atoms with van der Waals surface area (Å²) in [6, 6.07) is 0. The second-order valence-electron chi connectivity index (χ2n) is 5.61. The number of allylic oxidation sites excluding steroid dienone is 3. The Labute approximate surface area is 93.9 Å². The van der Waals surface area contributed by atoms with Gasteiger partial charge in [-0.3, -0.25) is 0 Å². The highest BCUT2D eigenvalue weighted by Crippen LogP contribution is 2.56. The zero-order chi connectivity index (χ0) is 11.7. The van der Waals surface area contributed by atoms with Crippen molar-refractivity contribution in [2.45, 2.75) is 53.1 Å². The molecule has 1 aliphatic rings. The first kappa shape index (κ1) is 12.5. The molecule has 1 rings (SSSR count). The predicted octanol–water partition coefficient (Wildman–Crippen LogP) is 3.70. The van der Waals surface area contributed by atoms with E-state index in [1.54, 1.807) is 0 Å². The first-order valence-corrected chi connectivity index (χ1v) is 5.87. The van der Waals surface area contributed by atoms with Gasteiger partial charge in [0.15, 0.2) is 0 Å². The minimum Gasteiger partial charge on any atom is -0.393 e. The molecule has 0 aromatic rings. The molecule has 0 amide bonds. The van der Waals surface area contributed by atoms with Crippen LogP contribution in [0.4, 0.5) is 0 Å². The largest absolute Gasteiger partial charge is 0.393 e. The molecular weight excluding hydrogens is 184 g/mol. The summed E-state index contributed by atoms with van der Waals surface area (Å²) in [6.07, 6.45) is 6.86. The third-order valence-corrected chi connectivity index (χ3v) is 4.15. The third-order valence-electron chi connectivity index (χ3n) is 4.15. The van der Waals surface area contributed by atoms with Crippen molar-refractivity contribution in [1.29, 1.82) is 0 Å². The quantitative estimate of drug-likeness (QED) is 0.701. The topological polar surface area (TPSA) is 20.2 Å². The molecule has 1 aliphatic carbocycles. The SMILES string of the molecule is C=C(/C=C/CC)C1(C)CC(O)CC1(C)C. The maximum Gasteiger partial charge on any atom is 0.0554 e. The van der Waals surface area contributed by atoms with E-state index in [9.17, 15) is 5.11 Å². The number of hydrogen-bond donors (Lipinski definition) is 1. The second kappa shape index (κ2) is 4.13. The summed E-state index contributed by atoms with van der Waals surface area (Å²) in [4.78, 5) is 0. The molecule has 0 saturated heterocycles. The van der Waals surface area contributed by atoms with Gasteiger partial charge in [-0.1, -0.05) is 46.4 Å². The van der Waals surface area contributed by atoms with E-state index in [2.05, 4.69) is 46.4 Å². The molecular formula is C14H24O. The van der Waals surface area contributed by atoms with E-state index in [1.165, 1.54) is 0 Å².